The highest BCUT2D eigenvalue weighted by atomic mass is 32.2. The molecule has 1 aliphatic heterocycles. The first-order valence-corrected chi connectivity index (χ1v) is 13.1. The molecule has 1 N–H and O–H groups in total. The summed E-state index contributed by atoms with van der Waals surface area (Å²) in [4.78, 5) is 30.4. The number of rotatable bonds is 5. The van der Waals surface area contributed by atoms with E-state index in [0.717, 1.165) is 12.0 Å². The first kappa shape index (κ1) is 23.3. The molecule has 1 atom stereocenters. The van der Waals surface area contributed by atoms with Gasteiger partial charge >= 0.3 is 0 Å². The van der Waals surface area contributed by atoms with Crippen LogP contribution < -0.4 is 5.56 Å². The fourth-order valence-electron chi connectivity index (χ4n) is 4.49. The average molecular weight is 494 g/mol. The van der Waals surface area contributed by atoms with Gasteiger partial charge in [0.1, 0.15) is 11.2 Å². The number of benzene rings is 2. The quantitative estimate of drug-likeness (QED) is 0.460. The van der Waals surface area contributed by atoms with Crippen LogP contribution in [0.15, 0.2) is 64.4 Å². The molecule has 10 heteroatoms. The maximum Gasteiger partial charge on any atom is 0.259 e. The molecule has 2 aromatic carbocycles. The van der Waals surface area contributed by atoms with Crippen LogP contribution in [0.25, 0.3) is 16.6 Å². The van der Waals surface area contributed by atoms with E-state index in [2.05, 4.69) is 23.9 Å². The number of aromatic nitrogens is 3. The minimum Gasteiger partial charge on any atom is -0.336 e. The van der Waals surface area contributed by atoms with Crippen molar-refractivity contribution in [2.75, 3.05) is 26.2 Å². The Morgan fingerprint density at radius 2 is 1.74 bits per heavy atom. The second kappa shape index (κ2) is 8.94. The van der Waals surface area contributed by atoms with E-state index in [1.807, 2.05) is 18.2 Å². The summed E-state index contributed by atoms with van der Waals surface area (Å²) < 4.78 is 29.3. The van der Waals surface area contributed by atoms with Gasteiger partial charge < -0.3 is 9.88 Å². The van der Waals surface area contributed by atoms with Crippen molar-refractivity contribution >= 4 is 32.5 Å². The Balaban J connectivity index is 1.34. The number of carbonyl (C=O) groups is 1. The zero-order valence-corrected chi connectivity index (χ0v) is 20.5. The summed E-state index contributed by atoms with van der Waals surface area (Å²) in [7, 11) is -3.65. The van der Waals surface area contributed by atoms with Crippen LogP contribution in [0.3, 0.4) is 0 Å². The van der Waals surface area contributed by atoms with Gasteiger partial charge in [0, 0.05) is 26.2 Å². The molecule has 4 aromatic rings. The van der Waals surface area contributed by atoms with Gasteiger partial charge in [-0.1, -0.05) is 38.1 Å². The number of hydrogen-bond donors (Lipinski definition) is 1. The van der Waals surface area contributed by atoms with Crippen LogP contribution in [0.2, 0.25) is 0 Å². The Hall–Kier alpha value is -3.50. The van der Waals surface area contributed by atoms with E-state index in [0.29, 0.717) is 22.5 Å². The molecule has 0 radical (unpaired) electrons. The maximum atomic E-state index is 13.3. The molecule has 35 heavy (non-hydrogen) atoms. The molecule has 0 aliphatic carbocycles. The van der Waals surface area contributed by atoms with Crippen LogP contribution in [0, 0.1) is 0 Å². The third kappa shape index (κ3) is 4.02. The van der Waals surface area contributed by atoms with Gasteiger partial charge in [-0.15, -0.1) is 0 Å². The summed E-state index contributed by atoms with van der Waals surface area (Å²) in [5.41, 5.74) is 2.04. The Bertz CT molecular complexity index is 1570. The monoisotopic (exact) mass is 493 g/mol. The van der Waals surface area contributed by atoms with Crippen molar-refractivity contribution in [3.8, 4) is 0 Å². The number of H-pyrrole nitrogens is 1. The molecular formula is C25H27N5O4S. The lowest BCUT2D eigenvalue weighted by atomic mass is 9.99. The Morgan fingerprint density at radius 3 is 2.43 bits per heavy atom. The van der Waals surface area contributed by atoms with Crippen LogP contribution in [-0.2, 0) is 10.0 Å². The van der Waals surface area contributed by atoms with Crippen molar-refractivity contribution in [1.82, 2.24) is 23.8 Å². The number of aromatic amines is 1. The number of sulfonamides is 1. The second-order valence-electron chi connectivity index (χ2n) is 8.86. The molecular weight excluding hydrogens is 466 g/mol. The van der Waals surface area contributed by atoms with Crippen LogP contribution in [-0.4, -0.2) is 64.3 Å². The topological polar surface area (TPSA) is 108 Å². The van der Waals surface area contributed by atoms with E-state index < -0.39 is 10.0 Å². The highest BCUT2D eigenvalue weighted by molar-refractivity contribution is 7.89. The van der Waals surface area contributed by atoms with Gasteiger partial charge in [0.2, 0.25) is 10.0 Å². The number of para-hydroxylation sites is 1. The van der Waals surface area contributed by atoms with E-state index in [1.54, 1.807) is 39.7 Å². The SMILES string of the molecule is CCC(C)c1ccc(S(=O)(=O)N2CCN(C(=O)c3cnn4c3[nH]c(=O)c3ccccc34)CC2)cc1. The molecule has 2 aromatic heterocycles. The number of piperazine rings is 1. The number of carbonyl (C=O) groups excluding carboxylic acids is 1. The highest BCUT2D eigenvalue weighted by Gasteiger charge is 2.31. The Morgan fingerprint density at radius 1 is 1.06 bits per heavy atom. The zero-order chi connectivity index (χ0) is 24.7. The van der Waals surface area contributed by atoms with Crippen molar-refractivity contribution in [2.24, 2.45) is 0 Å². The lowest BCUT2D eigenvalue weighted by molar-refractivity contribution is 0.0699. The fraction of sp³-hybridized carbons (Fsp3) is 0.320. The average Bonchev–Trinajstić information content (AvgIpc) is 3.32. The Kier molecular flexibility index (Phi) is 5.94. The molecule has 0 saturated carbocycles. The Labute approximate surface area is 203 Å². The number of nitrogens with zero attached hydrogens (tertiary/aromatic N) is 4. The molecule has 5 rings (SSSR count). The van der Waals surface area contributed by atoms with E-state index in [4.69, 9.17) is 0 Å². The maximum absolute atomic E-state index is 13.3. The van der Waals surface area contributed by atoms with E-state index in [1.165, 1.54) is 10.5 Å². The van der Waals surface area contributed by atoms with Crippen molar-refractivity contribution in [3.05, 3.63) is 76.2 Å². The molecule has 1 unspecified atom stereocenters. The number of nitrogens with one attached hydrogen (secondary N) is 1. The lowest BCUT2D eigenvalue weighted by Gasteiger charge is -2.33. The summed E-state index contributed by atoms with van der Waals surface area (Å²) >= 11 is 0. The second-order valence-corrected chi connectivity index (χ2v) is 10.8. The molecule has 9 nitrogen and oxygen atoms in total. The minimum absolute atomic E-state index is 0.194. The van der Waals surface area contributed by atoms with Gasteiger partial charge in [-0.2, -0.15) is 9.40 Å². The van der Waals surface area contributed by atoms with Gasteiger partial charge in [-0.3, -0.25) is 9.59 Å². The van der Waals surface area contributed by atoms with Crippen molar-refractivity contribution < 1.29 is 13.2 Å². The summed E-state index contributed by atoms with van der Waals surface area (Å²) in [6.07, 6.45) is 2.43. The third-order valence-electron chi connectivity index (χ3n) is 6.83. The summed E-state index contributed by atoms with van der Waals surface area (Å²) in [6.45, 7) is 5.10. The third-order valence-corrected chi connectivity index (χ3v) is 8.75. The first-order chi connectivity index (χ1) is 16.8. The predicted molar refractivity (Wildman–Crippen MR) is 133 cm³/mol. The van der Waals surface area contributed by atoms with Crippen LogP contribution >= 0.6 is 0 Å². The lowest BCUT2D eigenvalue weighted by Crippen LogP contribution is -2.50. The van der Waals surface area contributed by atoms with Gasteiger partial charge in [0.05, 0.1) is 22.0 Å². The molecule has 1 fully saturated rings. The van der Waals surface area contributed by atoms with E-state index in [-0.39, 0.29) is 48.1 Å². The molecule has 182 valence electrons. The molecule has 1 amide bonds. The molecule has 1 saturated heterocycles. The van der Waals surface area contributed by atoms with Gasteiger partial charge in [-0.05, 0) is 42.2 Å². The molecule has 3 heterocycles. The number of hydrogen-bond acceptors (Lipinski definition) is 5. The molecule has 0 bridgehead atoms. The van der Waals surface area contributed by atoms with Gasteiger partial charge in [0.15, 0.2) is 0 Å². The molecule has 1 aliphatic rings. The summed E-state index contributed by atoms with van der Waals surface area (Å²) in [5.74, 6) is 0.0787. The number of fused-ring (bicyclic) bond motifs is 3. The van der Waals surface area contributed by atoms with Crippen LogP contribution in [0.4, 0.5) is 0 Å². The zero-order valence-electron chi connectivity index (χ0n) is 19.6. The minimum atomic E-state index is -3.65. The van der Waals surface area contributed by atoms with E-state index >= 15 is 0 Å². The standard InChI is InChI=1S/C25H27N5O4S/c1-3-17(2)18-8-10-19(11-9-18)35(33,34)29-14-12-28(13-15-29)25(32)21-16-26-30-22-7-5-4-6-20(22)24(31)27-23(21)30/h4-11,16-17H,3,12-15H2,1-2H3,(H,27,31). The van der Waals surface area contributed by atoms with Crippen molar-refractivity contribution in [1.29, 1.82) is 0 Å². The largest absolute Gasteiger partial charge is 0.336 e. The van der Waals surface area contributed by atoms with E-state index in [9.17, 15) is 18.0 Å². The smallest absolute Gasteiger partial charge is 0.259 e. The fourth-order valence-corrected chi connectivity index (χ4v) is 5.91. The molecule has 0 spiro atoms. The van der Waals surface area contributed by atoms with Crippen LogP contribution in [0.5, 0.6) is 0 Å². The normalized spacial score (nSPS) is 16.1. The summed E-state index contributed by atoms with van der Waals surface area (Å²) in [5, 5.41) is 4.80. The number of amides is 1. The van der Waals surface area contributed by atoms with Crippen molar-refractivity contribution in [3.63, 3.8) is 0 Å². The predicted octanol–water partition coefficient (Wildman–Crippen LogP) is 2.84. The summed E-state index contributed by atoms with van der Waals surface area (Å²) in [6, 6.07) is 14.1. The van der Waals surface area contributed by atoms with Gasteiger partial charge in [0.25, 0.3) is 11.5 Å². The first-order valence-electron chi connectivity index (χ1n) is 11.7. The van der Waals surface area contributed by atoms with Gasteiger partial charge in [-0.25, -0.2) is 12.9 Å². The van der Waals surface area contributed by atoms with Crippen molar-refractivity contribution in [2.45, 2.75) is 31.1 Å². The highest BCUT2D eigenvalue weighted by Crippen LogP contribution is 2.24. The van der Waals surface area contributed by atoms with Crippen LogP contribution in [0.1, 0.15) is 42.1 Å².